The zero-order valence-electron chi connectivity index (χ0n) is 10.6. The smallest absolute Gasteiger partial charge is 0.207 e. The second-order valence-electron chi connectivity index (χ2n) is 4.61. The van der Waals surface area contributed by atoms with E-state index in [1.165, 1.54) is 4.31 Å². The minimum absolute atomic E-state index is 0.305. The van der Waals surface area contributed by atoms with Crippen molar-refractivity contribution in [2.75, 3.05) is 13.6 Å². The van der Waals surface area contributed by atoms with Crippen LogP contribution in [0.4, 0.5) is 0 Å². The van der Waals surface area contributed by atoms with Crippen LogP contribution < -0.4 is 0 Å². The highest BCUT2D eigenvalue weighted by Crippen LogP contribution is 2.25. The summed E-state index contributed by atoms with van der Waals surface area (Å²) in [6, 6.07) is 5.27. The summed E-state index contributed by atoms with van der Waals surface area (Å²) in [4.78, 5) is 0.325. The molecule has 1 aromatic rings. The highest BCUT2D eigenvalue weighted by molar-refractivity contribution is 9.10. The van der Waals surface area contributed by atoms with Crippen LogP contribution in [0.15, 0.2) is 27.6 Å². The number of nitrogens with zero attached hydrogens (tertiary/aromatic N) is 1. The average Bonchev–Trinajstić information content (AvgIpc) is 2.15. The van der Waals surface area contributed by atoms with Crippen LogP contribution >= 0.6 is 15.9 Å². The van der Waals surface area contributed by atoms with Crippen LogP contribution in [0.1, 0.15) is 19.4 Å². The third-order valence-corrected chi connectivity index (χ3v) is 5.20. The van der Waals surface area contributed by atoms with E-state index >= 15 is 0 Å². The zero-order chi connectivity index (χ0) is 13.2. The lowest BCUT2D eigenvalue weighted by Crippen LogP contribution is -2.30. The van der Waals surface area contributed by atoms with Gasteiger partial charge < -0.3 is 0 Å². The highest BCUT2D eigenvalue weighted by atomic mass is 79.9. The van der Waals surface area contributed by atoms with Crippen molar-refractivity contribution >= 4 is 26.0 Å². The second kappa shape index (κ2) is 5.50. The monoisotopic (exact) mass is 319 g/mol. The van der Waals surface area contributed by atoms with Gasteiger partial charge in [0.05, 0.1) is 4.90 Å². The van der Waals surface area contributed by atoms with Crippen molar-refractivity contribution in [3.63, 3.8) is 0 Å². The van der Waals surface area contributed by atoms with E-state index in [1.807, 2.05) is 26.8 Å². The summed E-state index contributed by atoms with van der Waals surface area (Å²) >= 11 is 3.31. The Morgan fingerprint density at radius 3 is 2.41 bits per heavy atom. The van der Waals surface area contributed by atoms with Gasteiger partial charge in [0.2, 0.25) is 10.0 Å². The second-order valence-corrected chi connectivity index (χ2v) is 7.48. The molecule has 0 N–H and O–H groups in total. The molecule has 0 heterocycles. The lowest BCUT2D eigenvalue weighted by Gasteiger charge is -2.20. The number of hydrogen-bond acceptors (Lipinski definition) is 2. The first kappa shape index (κ1) is 14.7. The maximum atomic E-state index is 12.3. The fraction of sp³-hybridized carbons (Fsp3) is 0.500. The maximum absolute atomic E-state index is 12.3. The van der Waals surface area contributed by atoms with Gasteiger partial charge in [-0.25, -0.2) is 12.7 Å². The Morgan fingerprint density at radius 1 is 1.35 bits per heavy atom. The van der Waals surface area contributed by atoms with Crippen LogP contribution in [0.3, 0.4) is 0 Å². The molecule has 0 aliphatic carbocycles. The minimum atomic E-state index is -3.40. The molecule has 0 unspecified atom stereocenters. The fourth-order valence-corrected chi connectivity index (χ4v) is 4.08. The molecule has 0 aliphatic heterocycles. The van der Waals surface area contributed by atoms with Gasteiger partial charge in [-0.1, -0.05) is 19.9 Å². The molecule has 0 bridgehead atoms. The summed E-state index contributed by atoms with van der Waals surface area (Å²) in [5, 5.41) is 0. The van der Waals surface area contributed by atoms with Gasteiger partial charge in [0.1, 0.15) is 0 Å². The molecule has 5 heteroatoms. The Morgan fingerprint density at radius 2 is 1.94 bits per heavy atom. The molecule has 0 aliphatic rings. The number of sulfonamides is 1. The van der Waals surface area contributed by atoms with Crippen molar-refractivity contribution in [3.8, 4) is 0 Å². The third kappa shape index (κ3) is 3.53. The molecule has 1 aromatic carbocycles. The summed E-state index contributed by atoms with van der Waals surface area (Å²) in [7, 11) is -1.78. The maximum Gasteiger partial charge on any atom is 0.243 e. The molecule has 0 atom stereocenters. The van der Waals surface area contributed by atoms with E-state index in [-0.39, 0.29) is 0 Å². The Kier molecular flexibility index (Phi) is 4.75. The molecule has 0 fully saturated rings. The van der Waals surface area contributed by atoms with E-state index in [0.717, 1.165) is 5.56 Å². The number of aryl methyl sites for hydroxylation is 1. The lowest BCUT2D eigenvalue weighted by molar-refractivity contribution is 0.417. The van der Waals surface area contributed by atoms with E-state index in [2.05, 4.69) is 15.9 Å². The van der Waals surface area contributed by atoms with E-state index in [0.29, 0.717) is 21.8 Å². The minimum Gasteiger partial charge on any atom is -0.207 e. The van der Waals surface area contributed by atoms with Gasteiger partial charge in [-0.3, -0.25) is 0 Å². The summed E-state index contributed by atoms with van der Waals surface area (Å²) in [5.41, 5.74) is 1.03. The van der Waals surface area contributed by atoms with Gasteiger partial charge in [0.25, 0.3) is 0 Å². The molecule has 0 radical (unpaired) electrons. The van der Waals surface area contributed by atoms with E-state index < -0.39 is 10.0 Å². The van der Waals surface area contributed by atoms with Crippen molar-refractivity contribution in [2.45, 2.75) is 25.7 Å². The molecule has 0 aromatic heterocycles. The number of benzene rings is 1. The van der Waals surface area contributed by atoms with Crippen molar-refractivity contribution in [2.24, 2.45) is 5.92 Å². The standard InChI is InChI=1S/C12H18BrNO2S/c1-9(2)8-14(4)17(15,16)12-6-5-10(3)7-11(12)13/h5-7,9H,8H2,1-4H3. The van der Waals surface area contributed by atoms with E-state index in [1.54, 1.807) is 19.2 Å². The first-order valence-electron chi connectivity index (χ1n) is 5.47. The van der Waals surface area contributed by atoms with Crippen LogP contribution in [0.5, 0.6) is 0 Å². The summed E-state index contributed by atoms with van der Waals surface area (Å²) in [6.07, 6.45) is 0. The Balaban J connectivity index is 3.13. The lowest BCUT2D eigenvalue weighted by atomic mass is 10.2. The normalized spacial score (nSPS) is 12.4. The van der Waals surface area contributed by atoms with Crippen molar-refractivity contribution < 1.29 is 8.42 Å². The predicted molar refractivity (Wildman–Crippen MR) is 73.5 cm³/mol. The Bertz CT molecular complexity index is 497. The average molecular weight is 320 g/mol. The van der Waals surface area contributed by atoms with Gasteiger partial charge in [-0.15, -0.1) is 0 Å². The number of rotatable bonds is 4. The molecular weight excluding hydrogens is 302 g/mol. The number of halogens is 1. The summed E-state index contributed by atoms with van der Waals surface area (Å²) in [5.74, 6) is 0.305. The molecule has 0 amide bonds. The molecule has 1 rings (SSSR count). The molecule has 17 heavy (non-hydrogen) atoms. The largest absolute Gasteiger partial charge is 0.243 e. The van der Waals surface area contributed by atoms with Gasteiger partial charge in [-0.2, -0.15) is 0 Å². The van der Waals surface area contributed by atoms with E-state index in [9.17, 15) is 8.42 Å². The molecule has 0 saturated carbocycles. The molecule has 96 valence electrons. The van der Waals surface area contributed by atoms with Crippen molar-refractivity contribution in [3.05, 3.63) is 28.2 Å². The Hall–Kier alpha value is -0.390. The van der Waals surface area contributed by atoms with Crippen LogP contribution in [-0.2, 0) is 10.0 Å². The first-order valence-corrected chi connectivity index (χ1v) is 7.71. The van der Waals surface area contributed by atoms with Crippen molar-refractivity contribution in [1.29, 1.82) is 0 Å². The molecule has 3 nitrogen and oxygen atoms in total. The summed E-state index contributed by atoms with van der Waals surface area (Å²) in [6.45, 7) is 6.44. The predicted octanol–water partition coefficient (Wildman–Crippen LogP) is 3.03. The van der Waals surface area contributed by atoms with Gasteiger partial charge >= 0.3 is 0 Å². The summed E-state index contributed by atoms with van der Waals surface area (Å²) < 4.78 is 26.6. The van der Waals surface area contributed by atoms with E-state index in [4.69, 9.17) is 0 Å². The quantitative estimate of drug-likeness (QED) is 0.855. The topological polar surface area (TPSA) is 37.4 Å². The SMILES string of the molecule is Cc1ccc(S(=O)(=O)N(C)CC(C)C)c(Br)c1. The molecular formula is C12H18BrNO2S. The first-order chi connectivity index (χ1) is 7.75. The van der Waals surface area contributed by atoms with Crippen LogP contribution in [-0.4, -0.2) is 26.3 Å². The van der Waals surface area contributed by atoms with Gasteiger partial charge in [-0.05, 0) is 46.5 Å². The molecule has 0 spiro atoms. The van der Waals surface area contributed by atoms with Crippen LogP contribution in [0.2, 0.25) is 0 Å². The third-order valence-electron chi connectivity index (χ3n) is 2.40. The van der Waals surface area contributed by atoms with Crippen LogP contribution in [0.25, 0.3) is 0 Å². The highest BCUT2D eigenvalue weighted by Gasteiger charge is 2.23. The fourth-order valence-electron chi connectivity index (χ4n) is 1.60. The van der Waals surface area contributed by atoms with Gasteiger partial charge in [0, 0.05) is 18.1 Å². The zero-order valence-corrected chi connectivity index (χ0v) is 13.0. The molecule has 0 saturated heterocycles. The van der Waals surface area contributed by atoms with Crippen LogP contribution in [0, 0.1) is 12.8 Å². The number of hydrogen-bond donors (Lipinski definition) is 0. The van der Waals surface area contributed by atoms with Gasteiger partial charge in [0.15, 0.2) is 0 Å². The Labute approximate surface area is 112 Å². The van der Waals surface area contributed by atoms with Crippen molar-refractivity contribution in [1.82, 2.24) is 4.31 Å².